The third-order valence-electron chi connectivity index (χ3n) is 12.4. The average Bonchev–Trinajstić information content (AvgIpc) is 3.74. The van der Waals surface area contributed by atoms with Gasteiger partial charge in [-0.05, 0) is 74.1 Å². The number of nitrogens with one attached hydrogen (secondary N) is 2. The fourth-order valence-corrected chi connectivity index (χ4v) is 9.21. The van der Waals surface area contributed by atoms with Crippen molar-refractivity contribution in [3.05, 3.63) is 82.4 Å². The second kappa shape index (κ2) is 16.6. The fourth-order valence-electron chi connectivity index (χ4n) is 9.21. The Hall–Kier alpha value is -5.81. The highest BCUT2D eigenvalue weighted by molar-refractivity contribution is 6.19. The number of hydrogen-bond donors (Lipinski definition) is 2. The van der Waals surface area contributed by atoms with Gasteiger partial charge in [0.2, 0.25) is 23.7 Å². The lowest BCUT2D eigenvalue weighted by atomic mass is 9.89. The largest absolute Gasteiger partial charge is 0.477 e. The molecular formula is C44H49F3N10O4. The molecule has 0 radical (unpaired) electrons. The molecule has 0 aliphatic carbocycles. The normalized spacial score (nSPS) is 22.5. The van der Waals surface area contributed by atoms with Crippen molar-refractivity contribution in [2.45, 2.75) is 52.0 Å². The Balaban J connectivity index is 0.833. The molecule has 0 spiro atoms. The molecular weight excluding hydrogens is 790 g/mol. The third-order valence-corrected chi connectivity index (χ3v) is 12.4. The van der Waals surface area contributed by atoms with Gasteiger partial charge in [0.1, 0.15) is 23.1 Å². The summed E-state index contributed by atoms with van der Waals surface area (Å²) in [5.41, 5.74) is 4.18. The van der Waals surface area contributed by atoms with Crippen LogP contribution in [0.5, 0.6) is 5.88 Å². The van der Waals surface area contributed by atoms with Crippen LogP contribution in [0.3, 0.4) is 0 Å². The molecule has 4 aromatic rings. The second-order valence-corrected chi connectivity index (χ2v) is 17.1. The molecule has 9 rings (SSSR count). The molecule has 320 valence electrons. The predicted octanol–water partition coefficient (Wildman–Crippen LogP) is 5.22. The molecule has 5 aliphatic heterocycles. The molecule has 2 bridgehead atoms. The highest BCUT2D eigenvalue weighted by Crippen LogP contribution is 2.39. The number of aliphatic imine (C=N–C) groups is 1. The van der Waals surface area contributed by atoms with E-state index in [0.717, 1.165) is 51.1 Å². The first-order chi connectivity index (χ1) is 29.4. The molecule has 14 nitrogen and oxygen atoms in total. The van der Waals surface area contributed by atoms with Gasteiger partial charge in [-0.25, -0.2) is 17.9 Å². The van der Waals surface area contributed by atoms with Crippen molar-refractivity contribution in [2.75, 3.05) is 74.1 Å². The van der Waals surface area contributed by atoms with Crippen LogP contribution in [0.2, 0.25) is 0 Å². The Kier molecular flexibility index (Phi) is 11.0. The lowest BCUT2D eigenvalue weighted by molar-refractivity contribution is -0.134. The summed E-state index contributed by atoms with van der Waals surface area (Å²) in [6.07, 6.45) is 3.41. The van der Waals surface area contributed by atoms with Gasteiger partial charge in [-0.1, -0.05) is 6.92 Å². The maximum absolute atomic E-state index is 16.0. The number of aryl methyl sites for hydroxylation is 2. The van der Waals surface area contributed by atoms with E-state index in [2.05, 4.69) is 42.4 Å². The second-order valence-electron chi connectivity index (χ2n) is 17.1. The van der Waals surface area contributed by atoms with Gasteiger partial charge in [0.25, 0.3) is 5.91 Å². The molecule has 2 aromatic carbocycles. The van der Waals surface area contributed by atoms with Gasteiger partial charge in [-0.3, -0.25) is 29.6 Å². The summed E-state index contributed by atoms with van der Waals surface area (Å²) in [6.45, 7) is 10.9. The first-order valence-corrected chi connectivity index (χ1v) is 21.0. The number of ether oxygens (including phenoxy) is 1. The molecule has 0 saturated carbocycles. The van der Waals surface area contributed by atoms with Gasteiger partial charge in [0.15, 0.2) is 0 Å². The minimum atomic E-state index is -1.02. The summed E-state index contributed by atoms with van der Waals surface area (Å²) < 4.78 is 54.1. The van der Waals surface area contributed by atoms with Gasteiger partial charge in [-0.15, -0.1) is 0 Å². The van der Waals surface area contributed by atoms with Gasteiger partial charge in [0.05, 0.1) is 35.7 Å². The molecule has 3 fully saturated rings. The summed E-state index contributed by atoms with van der Waals surface area (Å²) in [6, 6.07) is 9.51. The maximum atomic E-state index is 16.0. The van der Waals surface area contributed by atoms with Crippen molar-refractivity contribution in [3.8, 4) is 17.1 Å². The first kappa shape index (κ1) is 40.6. The number of rotatable bonds is 6. The molecule has 2 aromatic heterocycles. The molecule has 0 unspecified atom stereocenters. The Labute approximate surface area is 351 Å². The first-order valence-electron chi connectivity index (χ1n) is 21.0. The minimum absolute atomic E-state index is 0.0454. The Morgan fingerprint density at radius 2 is 1.64 bits per heavy atom. The molecule has 5 aliphatic rings. The van der Waals surface area contributed by atoms with Crippen LogP contribution >= 0.6 is 0 Å². The number of piperidine rings is 1. The molecule has 7 heterocycles. The highest BCUT2D eigenvalue weighted by Gasteiger charge is 2.36. The van der Waals surface area contributed by atoms with Gasteiger partial charge >= 0.3 is 0 Å². The minimum Gasteiger partial charge on any atom is -0.477 e. The molecule has 2 N–H and O–H groups in total. The fraction of sp³-hybridized carbons (Fsp3) is 0.455. The summed E-state index contributed by atoms with van der Waals surface area (Å²) in [5.74, 6) is -3.18. The Bertz CT molecular complexity index is 2400. The smallest absolute Gasteiger partial charge is 0.280 e. The summed E-state index contributed by atoms with van der Waals surface area (Å²) in [5, 5.41) is 9.68. The number of aromatic nitrogens is 3. The third kappa shape index (κ3) is 8.32. The standard InChI is InChI=1S/C44H49F3N10O4/c1-25-5-4-12-61-43-32(19-48-53(43)3)36-16-29(13-26(2)49-36)41(59)52-44-51-40-35(47)14-27(15-37(40)57(44)20-25)21-54-8-10-55(11-9-54)22-28-23-56(24-28)30-17-33(45)39(34(46)18-30)31-6-7-38(58)50-42(31)60/h13-19,25,28,31H,4-12,20-24H2,1-3H3,(H,50,58,60)(H,51,52,59)/t25-,31-/m1/s1. The van der Waals surface area contributed by atoms with Crippen LogP contribution in [-0.4, -0.2) is 107 Å². The van der Waals surface area contributed by atoms with E-state index in [1.807, 2.05) is 29.8 Å². The summed E-state index contributed by atoms with van der Waals surface area (Å²) >= 11 is 0. The van der Waals surface area contributed by atoms with Gasteiger partial charge in [0, 0.05) is 101 Å². The van der Waals surface area contributed by atoms with E-state index in [-0.39, 0.29) is 30.3 Å². The quantitative estimate of drug-likeness (QED) is 0.247. The van der Waals surface area contributed by atoms with Gasteiger partial charge < -0.3 is 24.8 Å². The van der Waals surface area contributed by atoms with E-state index < -0.39 is 41.1 Å². The van der Waals surface area contributed by atoms with Crippen LogP contribution in [0.15, 0.2) is 47.6 Å². The number of piperazine rings is 1. The van der Waals surface area contributed by atoms with Crippen LogP contribution in [-0.2, 0) is 23.2 Å². The predicted molar refractivity (Wildman–Crippen MR) is 223 cm³/mol. The van der Waals surface area contributed by atoms with Crippen LogP contribution in [0.4, 0.5) is 30.2 Å². The number of halogens is 3. The van der Waals surface area contributed by atoms with E-state index >= 15 is 13.2 Å². The lowest BCUT2D eigenvalue weighted by Crippen LogP contribution is -2.54. The van der Waals surface area contributed by atoms with Crippen molar-refractivity contribution in [1.82, 2.24) is 29.9 Å². The van der Waals surface area contributed by atoms with Crippen molar-refractivity contribution in [3.63, 3.8) is 0 Å². The number of anilines is 3. The number of benzene rings is 2. The maximum Gasteiger partial charge on any atom is 0.280 e. The topological polar surface area (TPSA) is 141 Å². The number of amides is 3. The van der Waals surface area contributed by atoms with Crippen LogP contribution in [0.1, 0.15) is 65.7 Å². The van der Waals surface area contributed by atoms with E-state index in [1.54, 1.807) is 29.1 Å². The number of nitrogens with zero attached hydrogens (tertiary/aromatic N) is 8. The van der Waals surface area contributed by atoms with Gasteiger partial charge in [-0.2, -0.15) is 10.1 Å². The zero-order chi connectivity index (χ0) is 42.5. The van der Waals surface area contributed by atoms with E-state index in [1.165, 1.54) is 12.1 Å². The molecule has 61 heavy (non-hydrogen) atoms. The van der Waals surface area contributed by atoms with Crippen LogP contribution < -0.4 is 25.2 Å². The number of hydrogen-bond acceptors (Lipinski definition) is 11. The van der Waals surface area contributed by atoms with E-state index in [9.17, 15) is 14.4 Å². The van der Waals surface area contributed by atoms with E-state index in [0.29, 0.717) is 84.2 Å². The Morgan fingerprint density at radius 3 is 2.39 bits per heavy atom. The van der Waals surface area contributed by atoms with Crippen LogP contribution in [0.25, 0.3) is 11.3 Å². The SMILES string of the molecule is Cc1cc2cc(n1)-c1cnn(C)c1OCCC[C@@H](C)CN1/C(=N/C2=O)Nc2c(F)cc(CN3CCN(CC4CN(c5cc(F)c([C@H]6CCC(=O)NC6=O)c(F)c5)C4)CC3)cc21. The average molecular weight is 839 g/mol. The number of pyridine rings is 1. The van der Waals surface area contributed by atoms with Crippen LogP contribution in [0, 0.1) is 36.2 Å². The van der Waals surface area contributed by atoms with Crippen molar-refractivity contribution >= 4 is 40.7 Å². The Morgan fingerprint density at radius 1 is 0.885 bits per heavy atom. The molecule has 17 heteroatoms. The summed E-state index contributed by atoms with van der Waals surface area (Å²) in [7, 11) is 1.81. The number of carbonyl (C=O) groups excluding carboxylic acids is 3. The molecule has 3 saturated heterocycles. The molecule has 2 atom stereocenters. The summed E-state index contributed by atoms with van der Waals surface area (Å²) in [4.78, 5) is 55.4. The lowest BCUT2D eigenvalue weighted by Gasteiger charge is -2.45. The number of carbonyl (C=O) groups is 3. The monoisotopic (exact) mass is 838 g/mol. The van der Waals surface area contributed by atoms with E-state index in [4.69, 9.17) is 4.74 Å². The number of fused-ring (bicyclic) bond motifs is 7. The van der Waals surface area contributed by atoms with Crippen molar-refractivity contribution in [2.24, 2.45) is 23.9 Å². The van der Waals surface area contributed by atoms with Crippen molar-refractivity contribution < 1.29 is 32.3 Å². The highest BCUT2D eigenvalue weighted by atomic mass is 19.1. The van der Waals surface area contributed by atoms with Crippen molar-refractivity contribution in [1.29, 1.82) is 0 Å². The zero-order valence-electron chi connectivity index (χ0n) is 34.5. The number of guanidine groups is 1. The zero-order valence-corrected chi connectivity index (χ0v) is 34.5. The number of imide groups is 1. The molecule has 3 amide bonds.